The molecule has 0 aliphatic heterocycles. The maximum atomic E-state index is 13.1. The molecular formula is C19H26N2O3S. The van der Waals surface area contributed by atoms with Crippen LogP contribution in [-0.4, -0.2) is 28.5 Å². The fraction of sp³-hybridized carbons (Fsp3) is 0.737. The number of thiazole rings is 1. The Hall–Kier alpha value is -1.43. The molecule has 2 unspecified atom stereocenters. The van der Waals surface area contributed by atoms with E-state index in [1.54, 1.807) is 5.38 Å². The first-order valence-electron chi connectivity index (χ1n) is 9.17. The molecule has 0 radical (unpaired) electrons. The van der Waals surface area contributed by atoms with Gasteiger partial charge in [0.25, 0.3) is 0 Å². The number of carboxylic acids is 1. The number of carbonyl (C=O) groups excluding carboxylic acids is 1. The molecule has 4 bridgehead atoms. The first-order chi connectivity index (χ1) is 11.7. The molecular weight excluding hydrogens is 336 g/mol. The van der Waals surface area contributed by atoms with Crippen LogP contribution in [0.25, 0.3) is 0 Å². The van der Waals surface area contributed by atoms with Crippen molar-refractivity contribution in [2.75, 3.05) is 6.54 Å². The third-order valence-corrected chi connectivity index (χ3v) is 7.41. The summed E-state index contributed by atoms with van der Waals surface area (Å²) < 4.78 is 0. The number of rotatable bonds is 5. The summed E-state index contributed by atoms with van der Waals surface area (Å²) in [7, 11) is 0. The monoisotopic (exact) mass is 362 g/mol. The number of carboxylic acid groups (broad SMARTS) is 1. The first kappa shape index (κ1) is 17.0. The lowest BCUT2D eigenvalue weighted by atomic mass is 9.40. The molecule has 2 atom stereocenters. The lowest BCUT2D eigenvalue weighted by molar-refractivity contribution is -0.170. The van der Waals surface area contributed by atoms with E-state index in [0.29, 0.717) is 29.7 Å². The van der Waals surface area contributed by atoms with Gasteiger partial charge in [-0.15, -0.1) is 11.3 Å². The van der Waals surface area contributed by atoms with Crippen LogP contribution in [0.5, 0.6) is 0 Å². The zero-order valence-corrected chi connectivity index (χ0v) is 15.7. The van der Waals surface area contributed by atoms with Gasteiger partial charge < -0.3 is 10.4 Å². The lowest BCUT2D eigenvalue weighted by Gasteiger charge is -2.64. The van der Waals surface area contributed by atoms with Gasteiger partial charge in [0.1, 0.15) is 0 Å². The molecule has 4 aliphatic rings. The fourth-order valence-corrected chi connectivity index (χ4v) is 7.47. The number of aromatic nitrogens is 1. The normalized spacial score (nSPS) is 38.7. The largest absolute Gasteiger partial charge is 0.476 e. The Bertz CT molecular complexity index is 710. The van der Waals surface area contributed by atoms with Crippen molar-refractivity contribution in [1.82, 2.24) is 10.3 Å². The van der Waals surface area contributed by atoms with Crippen molar-refractivity contribution < 1.29 is 14.7 Å². The van der Waals surface area contributed by atoms with Crippen molar-refractivity contribution in [3.05, 3.63) is 16.1 Å². The highest BCUT2D eigenvalue weighted by Gasteiger charge is 2.62. The van der Waals surface area contributed by atoms with Crippen molar-refractivity contribution in [2.24, 2.45) is 22.2 Å². The SMILES string of the molecule is CC12CC3CC(C)(C1)CC(C(=O)NCCc1nc(C(=O)O)cs1)(C3)C2. The van der Waals surface area contributed by atoms with Gasteiger partial charge in [-0.2, -0.15) is 0 Å². The van der Waals surface area contributed by atoms with Crippen molar-refractivity contribution in [3.63, 3.8) is 0 Å². The Morgan fingerprint density at radius 1 is 1.24 bits per heavy atom. The van der Waals surface area contributed by atoms with Crippen molar-refractivity contribution in [2.45, 2.75) is 58.8 Å². The van der Waals surface area contributed by atoms with Gasteiger partial charge in [-0.1, -0.05) is 13.8 Å². The van der Waals surface area contributed by atoms with Gasteiger partial charge in [0.15, 0.2) is 5.69 Å². The minimum Gasteiger partial charge on any atom is -0.476 e. The molecule has 136 valence electrons. The molecule has 4 aliphatic carbocycles. The second-order valence-electron chi connectivity index (χ2n) is 9.35. The predicted octanol–water partition coefficient (Wildman–Crippen LogP) is 3.50. The molecule has 25 heavy (non-hydrogen) atoms. The summed E-state index contributed by atoms with van der Waals surface area (Å²) in [5.41, 5.74) is 0.570. The maximum Gasteiger partial charge on any atom is 0.355 e. The second-order valence-corrected chi connectivity index (χ2v) is 10.3. The van der Waals surface area contributed by atoms with E-state index in [0.717, 1.165) is 24.3 Å². The molecule has 1 heterocycles. The van der Waals surface area contributed by atoms with Gasteiger partial charge >= 0.3 is 5.97 Å². The van der Waals surface area contributed by atoms with E-state index in [9.17, 15) is 9.59 Å². The van der Waals surface area contributed by atoms with E-state index >= 15 is 0 Å². The summed E-state index contributed by atoms with van der Waals surface area (Å²) in [5, 5.41) is 14.4. The smallest absolute Gasteiger partial charge is 0.355 e. The Morgan fingerprint density at radius 2 is 1.92 bits per heavy atom. The van der Waals surface area contributed by atoms with Crippen LogP contribution in [0, 0.1) is 22.2 Å². The van der Waals surface area contributed by atoms with Crippen LogP contribution in [0.4, 0.5) is 0 Å². The van der Waals surface area contributed by atoms with E-state index in [2.05, 4.69) is 24.1 Å². The summed E-state index contributed by atoms with van der Waals surface area (Å²) in [4.78, 5) is 28.0. The van der Waals surface area contributed by atoms with Gasteiger partial charge in [0.05, 0.1) is 10.4 Å². The summed E-state index contributed by atoms with van der Waals surface area (Å²) in [6.07, 6.45) is 7.53. The lowest BCUT2D eigenvalue weighted by Crippen LogP contribution is -2.60. The Labute approximate surface area is 152 Å². The third kappa shape index (κ3) is 2.98. The number of hydrogen-bond acceptors (Lipinski definition) is 4. The van der Waals surface area contributed by atoms with Crippen LogP contribution in [0.2, 0.25) is 0 Å². The van der Waals surface area contributed by atoms with E-state index < -0.39 is 5.97 Å². The molecule has 1 amide bonds. The molecule has 1 aromatic heterocycles. The van der Waals surface area contributed by atoms with Crippen LogP contribution in [0.1, 0.15) is 67.9 Å². The zero-order valence-electron chi connectivity index (χ0n) is 14.9. The average Bonchev–Trinajstić information content (AvgIpc) is 2.92. The van der Waals surface area contributed by atoms with Gasteiger partial charge in [0.2, 0.25) is 5.91 Å². The van der Waals surface area contributed by atoms with Crippen LogP contribution < -0.4 is 5.32 Å². The Morgan fingerprint density at radius 3 is 2.48 bits per heavy atom. The fourth-order valence-electron chi connectivity index (χ4n) is 6.70. The van der Waals surface area contributed by atoms with E-state index in [1.807, 2.05) is 0 Å². The molecule has 0 aromatic carbocycles. The minimum atomic E-state index is -0.999. The summed E-state index contributed by atoms with van der Waals surface area (Å²) in [6.45, 7) is 5.28. The van der Waals surface area contributed by atoms with Crippen LogP contribution in [0.15, 0.2) is 5.38 Å². The van der Waals surface area contributed by atoms with Crippen LogP contribution in [0.3, 0.4) is 0 Å². The molecule has 6 heteroatoms. The Kier molecular flexibility index (Phi) is 3.76. The van der Waals surface area contributed by atoms with Gasteiger partial charge in [0, 0.05) is 18.3 Å². The highest BCUT2D eigenvalue weighted by atomic mass is 32.1. The number of aromatic carboxylic acids is 1. The number of hydrogen-bond donors (Lipinski definition) is 2. The zero-order chi connectivity index (χ0) is 17.9. The number of carbonyl (C=O) groups is 2. The molecule has 1 aromatic rings. The molecule has 0 spiro atoms. The van der Waals surface area contributed by atoms with Crippen molar-refractivity contribution in [1.29, 1.82) is 0 Å². The molecule has 5 nitrogen and oxygen atoms in total. The topological polar surface area (TPSA) is 79.3 Å². The molecule has 5 rings (SSSR count). The maximum absolute atomic E-state index is 13.1. The van der Waals surface area contributed by atoms with Crippen molar-refractivity contribution in [3.8, 4) is 0 Å². The van der Waals surface area contributed by atoms with E-state index in [4.69, 9.17) is 5.11 Å². The number of amides is 1. The highest BCUT2D eigenvalue weighted by molar-refractivity contribution is 7.09. The molecule has 0 saturated heterocycles. The highest BCUT2D eigenvalue weighted by Crippen LogP contribution is 2.69. The number of nitrogens with one attached hydrogen (secondary N) is 1. The summed E-state index contributed by atoms with van der Waals surface area (Å²) >= 11 is 1.34. The summed E-state index contributed by atoms with van der Waals surface area (Å²) in [5.74, 6) is -0.0836. The van der Waals surface area contributed by atoms with Gasteiger partial charge in [-0.3, -0.25) is 4.79 Å². The van der Waals surface area contributed by atoms with E-state index in [1.165, 1.54) is 30.6 Å². The average molecular weight is 362 g/mol. The molecule has 4 fully saturated rings. The van der Waals surface area contributed by atoms with Gasteiger partial charge in [-0.05, 0) is 55.3 Å². The quantitative estimate of drug-likeness (QED) is 0.840. The minimum absolute atomic E-state index is 0.0910. The van der Waals surface area contributed by atoms with Crippen LogP contribution >= 0.6 is 11.3 Å². The number of nitrogens with zero attached hydrogens (tertiary/aromatic N) is 1. The third-order valence-electron chi connectivity index (χ3n) is 6.50. The standard InChI is InChI=1S/C19H26N2O3S/c1-17-5-12-6-18(2,9-17)11-19(7-12,10-17)16(24)20-4-3-14-21-13(8-25-14)15(22)23/h8,12H,3-7,9-11H2,1-2H3,(H,20,24)(H,22,23). The molecule has 4 saturated carbocycles. The molecule has 2 N–H and O–H groups in total. The van der Waals surface area contributed by atoms with Crippen molar-refractivity contribution >= 4 is 23.2 Å². The van der Waals surface area contributed by atoms with Crippen LogP contribution in [-0.2, 0) is 11.2 Å². The first-order valence-corrected chi connectivity index (χ1v) is 10.1. The predicted molar refractivity (Wildman–Crippen MR) is 95.6 cm³/mol. The Balaban J connectivity index is 1.40. The van der Waals surface area contributed by atoms with Gasteiger partial charge in [-0.25, -0.2) is 9.78 Å². The summed E-state index contributed by atoms with van der Waals surface area (Å²) in [6, 6.07) is 0. The van der Waals surface area contributed by atoms with E-state index in [-0.39, 0.29) is 17.0 Å². The second kappa shape index (κ2) is 5.53.